The first-order valence-electron chi connectivity index (χ1n) is 5.94. The quantitative estimate of drug-likeness (QED) is 0.822. The lowest BCUT2D eigenvalue weighted by molar-refractivity contribution is 0.0970. The largest absolute Gasteiger partial charge is 0.393 e. The molecule has 1 aromatic rings. The molecule has 0 saturated carbocycles. The number of aliphatic hydroxyl groups is 2. The van der Waals surface area contributed by atoms with Crippen molar-refractivity contribution in [2.24, 2.45) is 5.92 Å². The van der Waals surface area contributed by atoms with Crippen LogP contribution in [0.2, 0.25) is 0 Å². The van der Waals surface area contributed by atoms with E-state index in [4.69, 9.17) is 0 Å². The smallest absolute Gasteiger partial charge is 0.123 e. The summed E-state index contributed by atoms with van der Waals surface area (Å²) in [5, 5.41) is 18.9. The molecule has 0 radical (unpaired) electrons. The highest BCUT2D eigenvalue weighted by Crippen LogP contribution is 2.27. The Kier molecular flexibility index (Phi) is 3.64. The van der Waals surface area contributed by atoms with Crippen LogP contribution in [0.5, 0.6) is 0 Å². The number of hydrogen-bond donors (Lipinski definition) is 2. The van der Waals surface area contributed by atoms with Crippen molar-refractivity contribution in [2.75, 3.05) is 18.0 Å². The maximum absolute atomic E-state index is 13.1. The molecule has 1 saturated heterocycles. The number of piperidine rings is 1. The molecule has 0 amide bonds. The Morgan fingerprint density at radius 1 is 1.47 bits per heavy atom. The van der Waals surface area contributed by atoms with Crippen LogP contribution in [-0.2, 0) is 6.61 Å². The highest BCUT2D eigenvalue weighted by molar-refractivity contribution is 5.54. The van der Waals surface area contributed by atoms with E-state index in [-0.39, 0.29) is 24.4 Å². The van der Waals surface area contributed by atoms with Gasteiger partial charge in [0.15, 0.2) is 0 Å². The normalized spacial score (nSPS) is 25.1. The van der Waals surface area contributed by atoms with E-state index in [1.807, 2.05) is 6.92 Å². The van der Waals surface area contributed by atoms with Crippen molar-refractivity contribution in [1.82, 2.24) is 0 Å². The first kappa shape index (κ1) is 12.3. The molecule has 0 aliphatic carbocycles. The molecule has 1 fully saturated rings. The third kappa shape index (κ3) is 2.58. The Morgan fingerprint density at radius 2 is 2.24 bits per heavy atom. The number of nitrogens with zero attached hydrogens (tertiary/aromatic N) is 1. The SMILES string of the molecule is CC1CN(c2ccc(F)cc2CO)CCC1O. The molecule has 2 atom stereocenters. The predicted octanol–water partition coefficient (Wildman–Crippen LogP) is 1.53. The third-order valence-electron chi connectivity index (χ3n) is 3.41. The highest BCUT2D eigenvalue weighted by atomic mass is 19.1. The second-order valence-electron chi connectivity index (χ2n) is 4.71. The monoisotopic (exact) mass is 239 g/mol. The van der Waals surface area contributed by atoms with Crippen molar-refractivity contribution < 1.29 is 14.6 Å². The minimum Gasteiger partial charge on any atom is -0.393 e. The van der Waals surface area contributed by atoms with Gasteiger partial charge in [0.2, 0.25) is 0 Å². The summed E-state index contributed by atoms with van der Waals surface area (Å²) in [5.41, 5.74) is 1.47. The number of halogens is 1. The molecule has 0 aromatic heterocycles. The molecular weight excluding hydrogens is 221 g/mol. The van der Waals surface area contributed by atoms with Crippen LogP contribution < -0.4 is 4.90 Å². The van der Waals surface area contributed by atoms with Gasteiger partial charge < -0.3 is 15.1 Å². The molecule has 3 nitrogen and oxygen atoms in total. The summed E-state index contributed by atoms with van der Waals surface area (Å²) < 4.78 is 13.1. The number of aliphatic hydroxyl groups excluding tert-OH is 2. The second kappa shape index (κ2) is 5.02. The van der Waals surface area contributed by atoms with Gasteiger partial charge in [0.25, 0.3) is 0 Å². The molecule has 1 aromatic carbocycles. The van der Waals surface area contributed by atoms with Gasteiger partial charge in [-0.05, 0) is 30.5 Å². The minimum atomic E-state index is -0.331. The topological polar surface area (TPSA) is 43.7 Å². The molecule has 94 valence electrons. The first-order chi connectivity index (χ1) is 8.11. The van der Waals surface area contributed by atoms with Crippen molar-refractivity contribution in [1.29, 1.82) is 0 Å². The van der Waals surface area contributed by atoms with Crippen LogP contribution in [0, 0.1) is 11.7 Å². The lowest BCUT2D eigenvalue weighted by Gasteiger charge is -2.36. The Hall–Kier alpha value is -1.13. The molecule has 2 N–H and O–H groups in total. The van der Waals surface area contributed by atoms with Crippen molar-refractivity contribution in [2.45, 2.75) is 26.1 Å². The maximum Gasteiger partial charge on any atom is 0.123 e. The van der Waals surface area contributed by atoms with Gasteiger partial charge in [-0.15, -0.1) is 0 Å². The van der Waals surface area contributed by atoms with E-state index >= 15 is 0 Å². The van der Waals surface area contributed by atoms with E-state index in [9.17, 15) is 14.6 Å². The fourth-order valence-corrected chi connectivity index (χ4v) is 2.34. The van der Waals surface area contributed by atoms with Crippen LogP contribution in [0.4, 0.5) is 10.1 Å². The van der Waals surface area contributed by atoms with Crippen molar-refractivity contribution in [3.05, 3.63) is 29.6 Å². The molecule has 2 rings (SSSR count). The Bertz CT molecular complexity index is 397. The molecule has 4 heteroatoms. The lowest BCUT2D eigenvalue weighted by atomic mass is 9.95. The van der Waals surface area contributed by atoms with E-state index in [0.29, 0.717) is 12.0 Å². The van der Waals surface area contributed by atoms with Gasteiger partial charge in [-0.1, -0.05) is 6.92 Å². The first-order valence-corrected chi connectivity index (χ1v) is 5.94. The average Bonchev–Trinajstić information content (AvgIpc) is 2.32. The molecular formula is C13H18FNO2. The van der Waals surface area contributed by atoms with Crippen LogP contribution >= 0.6 is 0 Å². The van der Waals surface area contributed by atoms with Gasteiger partial charge >= 0.3 is 0 Å². The summed E-state index contributed by atoms with van der Waals surface area (Å²) in [4.78, 5) is 2.10. The Morgan fingerprint density at radius 3 is 2.88 bits per heavy atom. The summed E-state index contributed by atoms with van der Waals surface area (Å²) in [5.74, 6) is -0.136. The van der Waals surface area contributed by atoms with Crippen LogP contribution in [0.15, 0.2) is 18.2 Å². The summed E-state index contributed by atoms with van der Waals surface area (Å²) in [6.07, 6.45) is 0.452. The number of benzene rings is 1. The van der Waals surface area contributed by atoms with Crippen LogP contribution in [0.1, 0.15) is 18.9 Å². The predicted molar refractivity (Wildman–Crippen MR) is 64.3 cm³/mol. The van der Waals surface area contributed by atoms with Crippen LogP contribution in [0.25, 0.3) is 0 Å². The van der Waals surface area contributed by atoms with Gasteiger partial charge in [-0.3, -0.25) is 0 Å². The number of anilines is 1. The van der Waals surface area contributed by atoms with Gasteiger partial charge in [0.1, 0.15) is 5.82 Å². The zero-order chi connectivity index (χ0) is 12.4. The van der Waals surface area contributed by atoms with Crippen molar-refractivity contribution in [3.63, 3.8) is 0 Å². The van der Waals surface area contributed by atoms with Gasteiger partial charge in [-0.25, -0.2) is 4.39 Å². The summed E-state index contributed by atoms with van der Waals surface area (Å²) >= 11 is 0. The van der Waals surface area contributed by atoms with Crippen molar-refractivity contribution in [3.8, 4) is 0 Å². The van der Waals surface area contributed by atoms with Gasteiger partial charge in [0, 0.05) is 24.3 Å². The Balaban J connectivity index is 2.22. The van der Waals surface area contributed by atoms with Gasteiger partial charge in [0.05, 0.1) is 12.7 Å². The maximum atomic E-state index is 13.1. The highest BCUT2D eigenvalue weighted by Gasteiger charge is 2.25. The fraction of sp³-hybridized carbons (Fsp3) is 0.538. The molecule has 0 bridgehead atoms. The molecule has 17 heavy (non-hydrogen) atoms. The van der Waals surface area contributed by atoms with E-state index in [1.54, 1.807) is 6.07 Å². The van der Waals surface area contributed by atoms with E-state index in [2.05, 4.69) is 4.90 Å². The molecule has 2 unspecified atom stereocenters. The summed E-state index contributed by atoms with van der Waals surface area (Å²) in [6.45, 7) is 3.31. The Labute approximate surface area is 100 Å². The zero-order valence-corrected chi connectivity index (χ0v) is 9.93. The molecule has 1 heterocycles. The van der Waals surface area contributed by atoms with Gasteiger partial charge in [-0.2, -0.15) is 0 Å². The third-order valence-corrected chi connectivity index (χ3v) is 3.41. The zero-order valence-electron chi connectivity index (χ0n) is 9.93. The number of rotatable bonds is 2. The second-order valence-corrected chi connectivity index (χ2v) is 4.71. The van der Waals surface area contributed by atoms with Crippen LogP contribution in [-0.4, -0.2) is 29.4 Å². The molecule has 1 aliphatic rings. The minimum absolute atomic E-state index is 0.166. The standard InChI is InChI=1S/C13H18FNO2/c1-9-7-15(5-4-13(9)17)12-3-2-11(14)6-10(12)8-16/h2-3,6,9,13,16-17H,4-5,7-8H2,1H3. The fourth-order valence-electron chi connectivity index (χ4n) is 2.34. The van der Waals surface area contributed by atoms with E-state index in [0.717, 1.165) is 18.8 Å². The summed E-state index contributed by atoms with van der Waals surface area (Å²) in [7, 11) is 0. The lowest BCUT2D eigenvalue weighted by Crippen LogP contribution is -2.42. The summed E-state index contributed by atoms with van der Waals surface area (Å²) in [6, 6.07) is 4.47. The average molecular weight is 239 g/mol. The molecule has 1 aliphatic heterocycles. The molecule has 0 spiro atoms. The van der Waals surface area contributed by atoms with E-state index in [1.165, 1.54) is 12.1 Å². The van der Waals surface area contributed by atoms with E-state index < -0.39 is 0 Å². The van der Waals surface area contributed by atoms with Crippen LogP contribution in [0.3, 0.4) is 0 Å². The number of hydrogen-bond acceptors (Lipinski definition) is 3. The van der Waals surface area contributed by atoms with Crippen molar-refractivity contribution >= 4 is 5.69 Å².